The van der Waals surface area contributed by atoms with Crippen LogP contribution < -0.4 is 29.7 Å². The molecule has 0 saturated heterocycles. The van der Waals surface area contributed by atoms with Gasteiger partial charge in [0.2, 0.25) is 0 Å². The largest absolute Gasteiger partial charge is 1.00 e. The molecule has 0 aromatic heterocycles. The Balaban J connectivity index is 0.00000144. The minimum absolute atomic E-state index is 0. The molecule has 0 bridgehead atoms. The summed E-state index contributed by atoms with van der Waals surface area (Å²) in [4.78, 5) is 10.5. The van der Waals surface area contributed by atoms with Crippen LogP contribution in [0.15, 0.2) is 42.5 Å². The van der Waals surface area contributed by atoms with E-state index in [2.05, 4.69) is 0 Å². The molecule has 2 aromatic rings. The summed E-state index contributed by atoms with van der Waals surface area (Å²) in [6, 6.07) is 12.8. The number of benzene rings is 2. The Labute approximate surface area is 112 Å². The van der Waals surface area contributed by atoms with Crippen molar-refractivity contribution < 1.29 is 28.8 Å². The third kappa shape index (κ3) is 3.34. The molecule has 0 unspecified atom stereocenters. The summed E-state index contributed by atoms with van der Waals surface area (Å²) in [6.45, 7) is 0. The van der Waals surface area contributed by atoms with Crippen molar-refractivity contribution in [3.63, 3.8) is 0 Å². The molecule has 0 spiro atoms. The van der Waals surface area contributed by atoms with Crippen LogP contribution in [-0.4, -0.2) is 12.0 Å². The molecule has 0 amide bonds. The number of carboxylic acids is 1. The second kappa shape index (κ2) is 5.88. The molecule has 0 aliphatic heterocycles. The molecular weight excluding hydrogens is 209 g/mol. The van der Waals surface area contributed by atoms with E-state index in [-0.39, 0.29) is 18.9 Å². The van der Waals surface area contributed by atoms with Crippen molar-refractivity contribution in [1.82, 2.24) is 0 Å². The third-order valence-electron chi connectivity index (χ3n) is 2.57. The number of nitrogens with two attached hydrogens (primary N) is 1. The molecule has 3 nitrogen and oxygen atoms in total. The number of carboxylic acid groups (broad SMARTS) is 1. The number of fused-ring (bicyclic) bond motifs is 1. The zero-order chi connectivity index (χ0) is 11.5. The van der Waals surface area contributed by atoms with Crippen molar-refractivity contribution in [2.75, 3.05) is 0 Å². The topological polar surface area (TPSA) is 66.2 Å². The molecule has 2 aromatic carbocycles. The minimum Gasteiger partial charge on any atom is -0.548 e. The van der Waals surface area contributed by atoms with Gasteiger partial charge < -0.3 is 15.6 Å². The van der Waals surface area contributed by atoms with Crippen molar-refractivity contribution >= 4 is 16.7 Å². The molecular formula is C13H12LiNO2. The smallest absolute Gasteiger partial charge is 0.548 e. The van der Waals surface area contributed by atoms with Crippen molar-refractivity contribution in [2.24, 2.45) is 5.73 Å². The number of aliphatic carboxylic acids is 1. The van der Waals surface area contributed by atoms with Crippen LogP contribution >= 0.6 is 0 Å². The van der Waals surface area contributed by atoms with Crippen molar-refractivity contribution in [2.45, 2.75) is 12.5 Å². The van der Waals surface area contributed by atoms with Gasteiger partial charge in [-0.25, -0.2) is 0 Å². The van der Waals surface area contributed by atoms with Crippen molar-refractivity contribution in [3.05, 3.63) is 48.0 Å². The van der Waals surface area contributed by atoms with Crippen molar-refractivity contribution in [3.8, 4) is 0 Å². The summed E-state index contributed by atoms with van der Waals surface area (Å²) in [7, 11) is 0. The molecule has 4 heteroatoms. The number of carbonyl (C=O) groups is 1. The average Bonchev–Trinajstić information content (AvgIpc) is 2.28. The fraction of sp³-hybridized carbons (Fsp3) is 0.154. The van der Waals surface area contributed by atoms with Crippen LogP contribution in [0, 0.1) is 0 Å². The maximum atomic E-state index is 10.5. The maximum Gasteiger partial charge on any atom is 1.00 e. The fourth-order valence-corrected chi connectivity index (χ4v) is 1.70. The van der Waals surface area contributed by atoms with E-state index in [1.54, 1.807) is 0 Å². The second-order valence-electron chi connectivity index (χ2n) is 3.81. The first kappa shape index (κ1) is 13.8. The van der Waals surface area contributed by atoms with E-state index >= 15 is 0 Å². The van der Waals surface area contributed by atoms with Gasteiger partial charge in [0, 0.05) is 6.04 Å². The van der Waals surface area contributed by atoms with Crippen LogP contribution in [0.4, 0.5) is 0 Å². The molecule has 0 heterocycles. The van der Waals surface area contributed by atoms with Crippen LogP contribution in [0.3, 0.4) is 0 Å². The quantitative estimate of drug-likeness (QED) is 0.581. The Bertz CT molecular complexity index is 528. The molecule has 0 saturated carbocycles. The Hall–Kier alpha value is -1.27. The maximum absolute atomic E-state index is 10.5. The van der Waals surface area contributed by atoms with Crippen LogP contribution in [0.5, 0.6) is 0 Å². The molecule has 2 N–H and O–H groups in total. The number of hydrogen-bond donors (Lipinski definition) is 1. The number of rotatable bonds is 3. The predicted molar refractivity (Wildman–Crippen MR) is 60.6 cm³/mol. The molecule has 0 fully saturated rings. The molecule has 17 heavy (non-hydrogen) atoms. The van der Waals surface area contributed by atoms with E-state index in [9.17, 15) is 9.90 Å². The first-order chi connectivity index (χ1) is 7.66. The Morgan fingerprint density at radius 1 is 1.18 bits per heavy atom. The van der Waals surface area contributed by atoms with Crippen LogP contribution in [0.2, 0.25) is 0 Å². The number of hydrogen-bond acceptors (Lipinski definition) is 3. The summed E-state index contributed by atoms with van der Waals surface area (Å²) in [5.41, 5.74) is 6.34. The first-order valence-electron chi connectivity index (χ1n) is 5.11. The van der Waals surface area contributed by atoms with E-state index in [4.69, 9.17) is 5.73 Å². The summed E-state index contributed by atoms with van der Waals surface area (Å²) in [5.74, 6) is -1.21. The van der Waals surface area contributed by atoms with Gasteiger partial charge in [0.15, 0.2) is 0 Å². The number of carbonyl (C=O) groups excluding carboxylic acids is 1. The van der Waals surface area contributed by atoms with E-state index in [0.717, 1.165) is 16.3 Å². The van der Waals surface area contributed by atoms with E-state index < -0.39 is 12.0 Å². The molecule has 0 aliphatic carbocycles. The Morgan fingerprint density at radius 3 is 2.47 bits per heavy atom. The van der Waals surface area contributed by atoms with E-state index in [1.165, 1.54) is 0 Å². The second-order valence-corrected chi connectivity index (χ2v) is 3.81. The van der Waals surface area contributed by atoms with Gasteiger partial charge in [-0.05, 0) is 22.8 Å². The summed E-state index contributed by atoms with van der Waals surface area (Å²) < 4.78 is 0. The van der Waals surface area contributed by atoms with Crippen LogP contribution in [0.1, 0.15) is 5.56 Å². The molecule has 1 atom stereocenters. The normalized spacial score (nSPS) is 11.8. The summed E-state index contributed by atoms with van der Waals surface area (Å²) >= 11 is 0. The van der Waals surface area contributed by atoms with E-state index in [0.29, 0.717) is 6.42 Å². The van der Waals surface area contributed by atoms with Crippen molar-refractivity contribution in [1.29, 1.82) is 0 Å². The minimum atomic E-state index is -1.21. The van der Waals surface area contributed by atoms with Gasteiger partial charge >= 0.3 is 18.9 Å². The zero-order valence-electron chi connectivity index (χ0n) is 9.72. The van der Waals surface area contributed by atoms with Gasteiger partial charge in [-0.2, -0.15) is 0 Å². The van der Waals surface area contributed by atoms with Gasteiger partial charge in [0.25, 0.3) is 0 Å². The predicted octanol–water partition coefficient (Wildman–Crippen LogP) is -2.54. The Kier molecular flexibility index (Phi) is 4.77. The SMILES string of the molecule is N[C@@H](Cc1ccc2ccccc2c1)C(=O)[O-].[Li+]. The van der Waals surface area contributed by atoms with Gasteiger partial charge in [0.1, 0.15) is 0 Å². The third-order valence-corrected chi connectivity index (χ3v) is 2.57. The van der Waals surface area contributed by atoms with Gasteiger partial charge in [0.05, 0.1) is 5.97 Å². The monoisotopic (exact) mass is 221 g/mol. The first-order valence-corrected chi connectivity index (χ1v) is 5.11. The average molecular weight is 221 g/mol. The standard InChI is InChI=1S/C13H13NO2.Li/c14-12(13(15)16)8-9-5-6-10-3-1-2-4-11(10)7-9;/h1-7,12H,8,14H2,(H,15,16);/q;+1/p-1/t12-;/m0./s1. The van der Waals surface area contributed by atoms with Gasteiger partial charge in [-0.3, -0.25) is 0 Å². The summed E-state index contributed by atoms with van der Waals surface area (Å²) in [6.07, 6.45) is 0.299. The molecule has 0 aliphatic rings. The molecule has 82 valence electrons. The fourth-order valence-electron chi connectivity index (χ4n) is 1.70. The zero-order valence-corrected chi connectivity index (χ0v) is 9.72. The summed E-state index contributed by atoms with van der Waals surface area (Å²) in [5, 5.41) is 12.8. The molecule has 2 rings (SSSR count). The Morgan fingerprint density at radius 2 is 1.82 bits per heavy atom. The van der Waals surface area contributed by atoms with E-state index in [1.807, 2.05) is 42.5 Å². The van der Waals surface area contributed by atoms with Crippen LogP contribution in [0.25, 0.3) is 10.8 Å². The van der Waals surface area contributed by atoms with Crippen LogP contribution in [-0.2, 0) is 11.2 Å². The van der Waals surface area contributed by atoms with Gasteiger partial charge in [-0.1, -0.05) is 42.5 Å². The van der Waals surface area contributed by atoms with Gasteiger partial charge in [-0.15, -0.1) is 0 Å². The molecule has 0 radical (unpaired) electrons.